The number of rotatable bonds is 15. The molecule has 0 aliphatic carbocycles. The summed E-state index contributed by atoms with van der Waals surface area (Å²) in [5, 5.41) is 0. The van der Waals surface area contributed by atoms with Crippen LogP contribution < -0.4 is 0 Å². The molecule has 0 spiro atoms. The molecule has 0 saturated carbocycles. The zero-order valence-corrected chi connectivity index (χ0v) is 16.5. The Morgan fingerprint density at radius 3 is 1.72 bits per heavy atom. The standard InChI is InChI=1S/C22H38O3/c1-19(2)16-14-12-10-8-6-4-3-5-7-9-11-13-15-17-20-18-21(23)25-22(20)24/h17,19H,3-16,18H2,1-2H3/b20-17+. The fourth-order valence-electron chi connectivity index (χ4n) is 3.33. The summed E-state index contributed by atoms with van der Waals surface area (Å²) < 4.78 is 4.51. The van der Waals surface area contributed by atoms with Crippen LogP contribution in [0.15, 0.2) is 11.6 Å². The average Bonchev–Trinajstić information content (AvgIpc) is 2.88. The predicted molar refractivity (Wildman–Crippen MR) is 103 cm³/mol. The van der Waals surface area contributed by atoms with Gasteiger partial charge in [-0.1, -0.05) is 97.0 Å². The van der Waals surface area contributed by atoms with E-state index in [0.29, 0.717) is 5.57 Å². The van der Waals surface area contributed by atoms with Crippen LogP contribution in [0.3, 0.4) is 0 Å². The van der Waals surface area contributed by atoms with Crippen LogP contribution in [0.1, 0.15) is 110 Å². The molecule has 144 valence electrons. The number of esters is 2. The lowest BCUT2D eigenvalue weighted by molar-refractivity contribution is -0.151. The molecule has 0 bridgehead atoms. The highest BCUT2D eigenvalue weighted by molar-refractivity contribution is 6.05. The van der Waals surface area contributed by atoms with E-state index >= 15 is 0 Å². The summed E-state index contributed by atoms with van der Waals surface area (Å²) in [7, 11) is 0. The Bertz CT molecular complexity index is 409. The SMILES string of the molecule is CC(C)CCCCCCCCCCCCCC/C=C1\CC(=O)OC1=O. The van der Waals surface area contributed by atoms with E-state index in [1.807, 2.05) is 6.08 Å². The van der Waals surface area contributed by atoms with E-state index in [9.17, 15) is 9.59 Å². The highest BCUT2D eigenvalue weighted by atomic mass is 16.6. The Labute approximate surface area is 154 Å². The summed E-state index contributed by atoms with van der Waals surface area (Å²) in [6.45, 7) is 4.62. The number of carbonyl (C=O) groups excluding carboxylic acids is 2. The Morgan fingerprint density at radius 1 is 0.800 bits per heavy atom. The van der Waals surface area contributed by atoms with E-state index in [0.717, 1.165) is 18.8 Å². The molecule has 0 amide bonds. The lowest BCUT2D eigenvalue weighted by Crippen LogP contribution is -1.96. The number of hydrogen-bond acceptors (Lipinski definition) is 3. The van der Waals surface area contributed by atoms with Gasteiger partial charge in [0, 0.05) is 5.57 Å². The minimum Gasteiger partial charge on any atom is -0.389 e. The van der Waals surface area contributed by atoms with E-state index in [1.54, 1.807) is 0 Å². The molecule has 1 aliphatic heterocycles. The molecule has 3 heteroatoms. The smallest absolute Gasteiger partial charge is 0.341 e. The van der Waals surface area contributed by atoms with Crippen molar-refractivity contribution in [1.82, 2.24) is 0 Å². The van der Waals surface area contributed by atoms with Gasteiger partial charge in [0.25, 0.3) is 0 Å². The molecule has 1 saturated heterocycles. The van der Waals surface area contributed by atoms with Gasteiger partial charge in [0.2, 0.25) is 0 Å². The Kier molecular flexibility index (Phi) is 12.4. The number of cyclic esters (lactones) is 2. The third-order valence-corrected chi connectivity index (χ3v) is 4.93. The topological polar surface area (TPSA) is 43.4 Å². The van der Waals surface area contributed by atoms with E-state index in [-0.39, 0.29) is 6.42 Å². The first-order chi connectivity index (χ1) is 12.1. The second-order valence-corrected chi connectivity index (χ2v) is 7.88. The second kappa shape index (κ2) is 14.1. The first-order valence-corrected chi connectivity index (χ1v) is 10.5. The number of hydrogen-bond donors (Lipinski definition) is 0. The molecular formula is C22H38O3. The van der Waals surface area contributed by atoms with Crippen molar-refractivity contribution in [3.8, 4) is 0 Å². The maximum Gasteiger partial charge on any atom is 0.341 e. The van der Waals surface area contributed by atoms with Gasteiger partial charge in [-0.25, -0.2) is 4.79 Å². The number of carbonyl (C=O) groups is 2. The molecule has 25 heavy (non-hydrogen) atoms. The molecule has 0 atom stereocenters. The van der Waals surface area contributed by atoms with Crippen LogP contribution in [0.4, 0.5) is 0 Å². The molecule has 0 aromatic rings. The van der Waals surface area contributed by atoms with E-state index in [4.69, 9.17) is 0 Å². The zero-order chi connectivity index (χ0) is 18.3. The minimum absolute atomic E-state index is 0.163. The lowest BCUT2D eigenvalue weighted by atomic mass is 10.0. The van der Waals surface area contributed by atoms with Gasteiger partial charge >= 0.3 is 11.9 Å². The number of ether oxygens (including phenoxy) is 1. The third-order valence-electron chi connectivity index (χ3n) is 4.93. The van der Waals surface area contributed by atoms with Crippen molar-refractivity contribution >= 4 is 11.9 Å². The molecule has 0 N–H and O–H groups in total. The lowest BCUT2D eigenvalue weighted by Gasteiger charge is -2.04. The minimum atomic E-state index is -0.440. The Balaban J connectivity index is 1.78. The maximum atomic E-state index is 11.3. The van der Waals surface area contributed by atoms with Gasteiger partial charge in [0.15, 0.2) is 0 Å². The fourth-order valence-corrected chi connectivity index (χ4v) is 3.33. The summed E-state index contributed by atoms with van der Waals surface area (Å²) in [6.07, 6.45) is 20.4. The van der Waals surface area contributed by atoms with Gasteiger partial charge in [-0.05, 0) is 18.8 Å². The van der Waals surface area contributed by atoms with Crippen LogP contribution in [0.5, 0.6) is 0 Å². The van der Waals surface area contributed by atoms with Crippen molar-refractivity contribution in [3.05, 3.63) is 11.6 Å². The summed E-state index contributed by atoms with van der Waals surface area (Å²) in [5.74, 6) is 0.0109. The Hall–Kier alpha value is -1.12. The Morgan fingerprint density at radius 2 is 1.28 bits per heavy atom. The monoisotopic (exact) mass is 350 g/mol. The molecule has 1 heterocycles. The second-order valence-electron chi connectivity index (χ2n) is 7.88. The van der Waals surface area contributed by atoms with Gasteiger partial charge in [0.1, 0.15) is 0 Å². The van der Waals surface area contributed by atoms with Crippen LogP contribution in [0.2, 0.25) is 0 Å². The summed E-state index contributed by atoms with van der Waals surface area (Å²) in [4.78, 5) is 22.2. The maximum absolute atomic E-state index is 11.3. The molecule has 0 radical (unpaired) electrons. The molecule has 3 nitrogen and oxygen atoms in total. The van der Waals surface area contributed by atoms with Crippen molar-refractivity contribution < 1.29 is 14.3 Å². The van der Waals surface area contributed by atoms with Gasteiger partial charge in [-0.2, -0.15) is 0 Å². The van der Waals surface area contributed by atoms with Crippen LogP contribution in [-0.2, 0) is 14.3 Å². The van der Waals surface area contributed by atoms with E-state index in [1.165, 1.54) is 77.0 Å². The van der Waals surface area contributed by atoms with Crippen molar-refractivity contribution in [2.45, 2.75) is 110 Å². The molecule has 1 aliphatic rings. The molecule has 0 unspecified atom stereocenters. The third kappa shape index (κ3) is 12.0. The largest absolute Gasteiger partial charge is 0.389 e. The fraction of sp³-hybridized carbons (Fsp3) is 0.818. The molecule has 1 rings (SSSR count). The van der Waals surface area contributed by atoms with Crippen LogP contribution in [-0.4, -0.2) is 11.9 Å². The van der Waals surface area contributed by atoms with Gasteiger partial charge in [0.05, 0.1) is 6.42 Å². The average molecular weight is 351 g/mol. The van der Waals surface area contributed by atoms with Crippen molar-refractivity contribution in [1.29, 1.82) is 0 Å². The first-order valence-electron chi connectivity index (χ1n) is 10.5. The highest BCUT2D eigenvalue weighted by Gasteiger charge is 2.26. The van der Waals surface area contributed by atoms with Gasteiger partial charge in [-0.15, -0.1) is 0 Å². The normalized spacial score (nSPS) is 16.2. The van der Waals surface area contributed by atoms with Gasteiger partial charge in [-0.3, -0.25) is 4.79 Å². The zero-order valence-electron chi connectivity index (χ0n) is 16.5. The quantitative estimate of drug-likeness (QED) is 0.146. The molecule has 0 aromatic heterocycles. The number of unbranched alkanes of at least 4 members (excludes halogenated alkanes) is 12. The first kappa shape index (κ1) is 21.9. The van der Waals surface area contributed by atoms with Crippen molar-refractivity contribution in [2.75, 3.05) is 0 Å². The van der Waals surface area contributed by atoms with E-state index < -0.39 is 11.9 Å². The van der Waals surface area contributed by atoms with E-state index in [2.05, 4.69) is 18.6 Å². The van der Waals surface area contributed by atoms with Crippen molar-refractivity contribution in [2.24, 2.45) is 5.92 Å². The summed E-state index contributed by atoms with van der Waals surface area (Å²) in [5.41, 5.74) is 0.550. The van der Waals surface area contributed by atoms with Crippen LogP contribution in [0, 0.1) is 5.92 Å². The van der Waals surface area contributed by atoms with Crippen LogP contribution in [0.25, 0.3) is 0 Å². The predicted octanol–water partition coefficient (Wildman–Crippen LogP) is 6.50. The van der Waals surface area contributed by atoms with Crippen LogP contribution >= 0.6 is 0 Å². The van der Waals surface area contributed by atoms with Crippen molar-refractivity contribution in [3.63, 3.8) is 0 Å². The molecule has 0 aromatic carbocycles. The summed E-state index contributed by atoms with van der Waals surface area (Å²) in [6, 6.07) is 0. The summed E-state index contributed by atoms with van der Waals surface area (Å²) >= 11 is 0. The molecular weight excluding hydrogens is 312 g/mol. The molecule has 1 fully saturated rings. The highest BCUT2D eigenvalue weighted by Crippen LogP contribution is 2.17. The van der Waals surface area contributed by atoms with Gasteiger partial charge < -0.3 is 4.74 Å². The number of allylic oxidation sites excluding steroid dienone is 1.